The quantitative estimate of drug-likeness (QED) is 0.271. The average molecular weight is 515 g/mol. The first kappa shape index (κ1) is 25.2. The highest BCUT2D eigenvalue weighted by Crippen LogP contribution is 2.44. The minimum absolute atomic E-state index is 0.00471. The van der Waals surface area contributed by atoms with E-state index in [1.165, 1.54) is 4.90 Å². The van der Waals surface area contributed by atoms with Gasteiger partial charge in [0.05, 0.1) is 18.7 Å². The first-order chi connectivity index (χ1) is 18.5. The molecule has 0 saturated carbocycles. The number of carbonyl (C=O) groups excluding carboxylic acids is 2. The molecule has 2 aliphatic rings. The summed E-state index contributed by atoms with van der Waals surface area (Å²) in [5.41, 5.74) is 2.59. The highest BCUT2D eigenvalue weighted by atomic mass is 16.6. The Hall–Kier alpha value is -4.46. The van der Waals surface area contributed by atoms with Gasteiger partial charge in [-0.05, 0) is 61.9 Å². The van der Waals surface area contributed by atoms with Crippen LogP contribution in [0.3, 0.4) is 0 Å². The van der Waals surface area contributed by atoms with Crippen LogP contribution in [0.2, 0.25) is 0 Å². The summed E-state index contributed by atoms with van der Waals surface area (Å²) in [4.78, 5) is 30.6. The van der Waals surface area contributed by atoms with Crippen molar-refractivity contribution in [3.8, 4) is 17.2 Å². The number of amides is 1. The van der Waals surface area contributed by atoms with Gasteiger partial charge in [-0.3, -0.25) is 14.5 Å². The molecular formula is C30H30N2O6. The molecule has 8 heteroatoms. The van der Waals surface area contributed by atoms with Gasteiger partial charge in [0.2, 0.25) is 0 Å². The summed E-state index contributed by atoms with van der Waals surface area (Å²) in [6.45, 7) is 6.69. The number of nitrogens with zero attached hydrogens (tertiary/aromatic N) is 2. The molecule has 0 spiro atoms. The summed E-state index contributed by atoms with van der Waals surface area (Å²) in [6, 6.07) is 18.8. The van der Waals surface area contributed by atoms with Crippen molar-refractivity contribution in [2.45, 2.75) is 19.9 Å². The molecule has 38 heavy (non-hydrogen) atoms. The second-order valence-corrected chi connectivity index (χ2v) is 8.99. The molecule has 196 valence electrons. The molecule has 1 saturated heterocycles. The first-order valence-corrected chi connectivity index (χ1v) is 12.7. The van der Waals surface area contributed by atoms with E-state index in [0.29, 0.717) is 47.3 Å². The molecule has 1 amide bonds. The van der Waals surface area contributed by atoms with E-state index in [1.807, 2.05) is 24.3 Å². The summed E-state index contributed by atoms with van der Waals surface area (Å²) in [6.07, 6.45) is 0. The van der Waals surface area contributed by atoms with E-state index >= 15 is 0 Å². The third kappa shape index (κ3) is 4.42. The summed E-state index contributed by atoms with van der Waals surface area (Å²) in [7, 11) is 1.54. The number of anilines is 2. The molecule has 3 aromatic rings. The molecule has 8 nitrogen and oxygen atoms in total. The number of hydrogen-bond donors (Lipinski definition) is 1. The van der Waals surface area contributed by atoms with Crippen molar-refractivity contribution in [1.82, 2.24) is 0 Å². The van der Waals surface area contributed by atoms with Gasteiger partial charge in [0.15, 0.2) is 11.5 Å². The smallest absolute Gasteiger partial charge is 0.300 e. The van der Waals surface area contributed by atoms with Crippen LogP contribution in [0.1, 0.15) is 31.0 Å². The maximum atomic E-state index is 13.5. The largest absolute Gasteiger partial charge is 0.507 e. The molecule has 1 fully saturated rings. The number of methoxy groups -OCH3 is 1. The van der Waals surface area contributed by atoms with Gasteiger partial charge in [-0.15, -0.1) is 0 Å². The molecule has 0 aliphatic carbocycles. The number of fused-ring (bicyclic) bond motifs is 1. The number of aliphatic hydroxyl groups excluding tert-OH is 1. The lowest BCUT2D eigenvalue weighted by Gasteiger charge is -2.27. The maximum absolute atomic E-state index is 13.5. The molecule has 1 atom stereocenters. The number of rotatable bonds is 7. The second-order valence-electron chi connectivity index (χ2n) is 8.99. The number of hydrogen-bond acceptors (Lipinski definition) is 7. The molecule has 2 heterocycles. The van der Waals surface area contributed by atoms with Crippen molar-refractivity contribution in [2.24, 2.45) is 0 Å². The van der Waals surface area contributed by atoms with E-state index in [0.717, 1.165) is 18.8 Å². The minimum Gasteiger partial charge on any atom is -0.507 e. The predicted octanol–water partition coefficient (Wildman–Crippen LogP) is 4.94. The predicted molar refractivity (Wildman–Crippen MR) is 145 cm³/mol. The maximum Gasteiger partial charge on any atom is 0.300 e. The van der Waals surface area contributed by atoms with Crippen LogP contribution < -0.4 is 24.0 Å². The van der Waals surface area contributed by atoms with E-state index in [1.54, 1.807) is 49.6 Å². The Morgan fingerprint density at radius 1 is 0.974 bits per heavy atom. The Morgan fingerprint density at radius 3 is 2.37 bits per heavy atom. The van der Waals surface area contributed by atoms with E-state index in [4.69, 9.17) is 14.2 Å². The molecule has 3 aromatic carbocycles. The van der Waals surface area contributed by atoms with E-state index in [-0.39, 0.29) is 11.3 Å². The zero-order valence-electron chi connectivity index (χ0n) is 21.6. The number of ketones is 1. The lowest BCUT2D eigenvalue weighted by atomic mass is 9.94. The van der Waals surface area contributed by atoms with E-state index in [2.05, 4.69) is 18.7 Å². The van der Waals surface area contributed by atoms with Gasteiger partial charge < -0.3 is 24.2 Å². The van der Waals surface area contributed by atoms with Crippen LogP contribution in [-0.4, -0.2) is 50.2 Å². The second kappa shape index (κ2) is 10.5. The number of aliphatic hydroxyl groups is 1. The molecule has 0 radical (unpaired) electrons. The number of Topliss-reactive ketones (excluding diaryl/α,β-unsaturated/α-hetero) is 1. The normalized spacial score (nSPS) is 18.0. The monoisotopic (exact) mass is 514 g/mol. The van der Waals surface area contributed by atoms with E-state index in [9.17, 15) is 14.7 Å². The Bertz CT molecular complexity index is 1390. The van der Waals surface area contributed by atoms with Gasteiger partial charge in [0.25, 0.3) is 11.7 Å². The standard InChI is InChI=1S/C30H30N2O6/c1-4-31(5-2)21-12-9-19(10-13-21)27-26(28(33)20-11-14-24-25(17-20)38-16-15-37-24)29(34)30(35)32(27)22-7-6-8-23(18-22)36-3/h6-14,17-18,27,33H,4-5,15-16H2,1-3H3/b28-26-. The Labute approximate surface area is 221 Å². The third-order valence-corrected chi connectivity index (χ3v) is 6.93. The number of benzene rings is 3. The third-order valence-electron chi connectivity index (χ3n) is 6.93. The summed E-state index contributed by atoms with van der Waals surface area (Å²) in [5.74, 6) is -0.181. The van der Waals surface area contributed by atoms with Crippen LogP contribution in [0.15, 0.2) is 72.3 Å². The Balaban J connectivity index is 1.66. The fourth-order valence-electron chi connectivity index (χ4n) is 4.98. The van der Waals surface area contributed by atoms with Crippen molar-refractivity contribution < 1.29 is 28.9 Å². The molecule has 2 aliphatic heterocycles. The Morgan fingerprint density at radius 2 is 1.68 bits per heavy atom. The van der Waals surface area contributed by atoms with Crippen molar-refractivity contribution in [2.75, 3.05) is 43.2 Å². The zero-order chi connectivity index (χ0) is 26.8. The van der Waals surface area contributed by atoms with Gasteiger partial charge in [0.1, 0.15) is 24.7 Å². The summed E-state index contributed by atoms with van der Waals surface area (Å²) in [5, 5.41) is 11.5. The Kier molecular flexibility index (Phi) is 6.96. The van der Waals surface area contributed by atoms with Gasteiger partial charge in [0, 0.05) is 36.1 Å². The zero-order valence-corrected chi connectivity index (χ0v) is 21.6. The molecular weight excluding hydrogens is 484 g/mol. The lowest BCUT2D eigenvalue weighted by molar-refractivity contribution is -0.132. The fourth-order valence-corrected chi connectivity index (χ4v) is 4.98. The van der Waals surface area contributed by atoms with Crippen molar-refractivity contribution >= 4 is 28.8 Å². The van der Waals surface area contributed by atoms with Crippen LogP contribution >= 0.6 is 0 Å². The van der Waals surface area contributed by atoms with Crippen LogP contribution in [0.4, 0.5) is 11.4 Å². The fraction of sp³-hybridized carbons (Fsp3) is 0.267. The van der Waals surface area contributed by atoms with Gasteiger partial charge in [-0.2, -0.15) is 0 Å². The lowest BCUT2D eigenvalue weighted by Crippen LogP contribution is -2.29. The number of ether oxygens (including phenoxy) is 3. The SMILES string of the molecule is CCN(CC)c1ccc(C2/C(=C(/O)c3ccc4c(c3)OCCO4)C(=O)C(=O)N2c2cccc(OC)c2)cc1. The van der Waals surface area contributed by atoms with E-state index < -0.39 is 17.7 Å². The summed E-state index contributed by atoms with van der Waals surface area (Å²) < 4.78 is 16.6. The molecule has 1 unspecified atom stereocenters. The van der Waals surface area contributed by atoms with Crippen LogP contribution in [0.5, 0.6) is 17.2 Å². The van der Waals surface area contributed by atoms with Crippen molar-refractivity contribution in [1.29, 1.82) is 0 Å². The highest BCUT2D eigenvalue weighted by Gasteiger charge is 2.47. The average Bonchev–Trinajstić information content (AvgIpc) is 3.23. The topological polar surface area (TPSA) is 88.5 Å². The van der Waals surface area contributed by atoms with Crippen LogP contribution in [0, 0.1) is 0 Å². The molecule has 0 bridgehead atoms. The highest BCUT2D eigenvalue weighted by molar-refractivity contribution is 6.51. The van der Waals surface area contributed by atoms with Crippen molar-refractivity contribution in [3.63, 3.8) is 0 Å². The van der Waals surface area contributed by atoms with Crippen molar-refractivity contribution in [3.05, 3.63) is 83.4 Å². The minimum atomic E-state index is -0.846. The summed E-state index contributed by atoms with van der Waals surface area (Å²) >= 11 is 0. The van der Waals surface area contributed by atoms with Crippen LogP contribution in [0.25, 0.3) is 5.76 Å². The molecule has 1 N–H and O–H groups in total. The molecule has 5 rings (SSSR count). The first-order valence-electron chi connectivity index (χ1n) is 12.7. The van der Waals surface area contributed by atoms with Crippen LogP contribution in [-0.2, 0) is 9.59 Å². The number of carbonyl (C=O) groups is 2. The van der Waals surface area contributed by atoms with Gasteiger partial charge in [-0.25, -0.2) is 0 Å². The van der Waals surface area contributed by atoms with Gasteiger partial charge >= 0.3 is 0 Å². The molecule has 0 aromatic heterocycles. The van der Waals surface area contributed by atoms with Gasteiger partial charge in [-0.1, -0.05) is 18.2 Å².